The summed E-state index contributed by atoms with van der Waals surface area (Å²) in [6, 6.07) is -0.0739. The summed E-state index contributed by atoms with van der Waals surface area (Å²) >= 11 is 0. The van der Waals surface area contributed by atoms with Crippen LogP contribution in [0.1, 0.15) is 39.5 Å². The Balaban J connectivity index is 2.31. The van der Waals surface area contributed by atoms with Gasteiger partial charge in [-0.2, -0.15) is 0 Å². The Bertz CT molecular complexity index is 167. The van der Waals surface area contributed by atoms with Crippen molar-refractivity contribution in [1.29, 1.82) is 0 Å². The fraction of sp³-hybridized carbons (Fsp3) is 0.889. The molecule has 2 amide bonds. The van der Waals surface area contributed by atoms with Crippen LogP contribution in [0.15, 0.2) is 0 Å². The highest BCUT2D eigenvalue weighted by Crippen LogP contribution is 2.34. The summed E-state index contributed by atoms with van der Waals surface area (Å²) in [6.07, 6.45) is 4.49. The van der Waals surface area contributed by atoms with Crippen molar-refractivity contribution in [3.05, 3.63) is 0 Å². The van der Waals surface area contributed by atoms with E-state index in [2.05, 4.69) is 19.2 Å². The first-order chi connectivity index (χ1) is 5.49. The zero-order valence-corrected chi connectivity index (χ0v) is 7.89. The first kappa shape index (κ1) is 9.36. The maximum absolute atomic E-state index is 10.5. The van der Waals surface area contributed by atoms with Crippen LogP contribution in [0.4, 0.5) is 4.79 Å². The highest BCUT2D eigenvalue weighted by molar-refractivity contribution is 5.71. The number of urea groups is 1. The molecule has 1 fully saturated rings. The molecule has 3 heteroatoms. The van der Waals surface area contributed by atoms with E-state index in [9.17, 15) is 4.79 Å². The van der Waals surface area contributed by atoms with Crippen molar-refractivity contribution >= 4 is 6.03 Å². The van der Waals surface area contributed by atoms with Gasteiger partial charge in [0.1, 0.15) is 0 Å². The van der Waals surface area contributed by atoms with Gasteiger partial charge in [0.25, 0.3) is 0 Å². The Kier molecular flexibility index (Phi) is 2.60. The van der Waals surface area contributed by atoms with Crippen LogP contribution in [0.25, 0.3) is 0 Å². The molecule has 1 aliphatic carbocycles. The minimum atomic E-state index is -0.389. The van der Waals surface area contributed by atoms with Crippen LogP contribution in [0, 0.1) is 5.41 Å². The Hall–Kier alpha value is -0.730. The van der Waals surface area contributed by atoms with E-state index in [1.165, 1.54) is 12.8 Å². The van der Waals surface area contributed by atoms with Gasteiger partial charge in [-0.25, -0.2) is 4.79 Å². The van der Waals surface area contributed by atoms with E-state index in [0.717, 1.165) is 12.8 Å². The predicted molar refractivity (Wildman–Crippen MR) is 48.8 cm³/mol. The molecule has 0 heterocycles. The molecule has 0 spiro atoms. The molecule has 1 saturated carbocycles. The van der Waals surface area contributed by atoms with Gasteiger partial charge in [0, 0.05) is 6.04 Å². The minimum absolute atomic E-state index is 0.315. The minimum Gasteiger partial charge on any atom is -0.352 e. The molecule has 0 bridgehead atoms. The fourth-order valence-corrected chi connectivity index (χ4v) is 1.74. The van der Waals surface area contributed by atoms with E-state index >= 15 is 0 Å². The third-order valence-electron chi connectivity index (χ3n) is 2.69. The number of nitrogens with two attached hydrogens (primary N) is 1. The largest absolute Gasteiger partial charge is 0.352 e. The van der Waals surface area contributed by atoms with Crippen molar-refractivity contribution in [2.24, 2.45) is 11.1 Å². The van der Waals surface area contributed by atoms with Gasteiger partial charge in [0.05, 0.1) is 0 Å². The van der Waals surface area contributed by atoms with Crippen molar-refractivity contribution in [2.75, 3.05) is 0 Å². The molecule has 0 aromatic carbocycles. The number of carbonyl (C=O) groups excluding carboxylic acids is 1. The van der Waals surface area contributed by atoms with E-state index in [1.807, 2.05) is 0 Å². The molecular formula is C9H18N2O. The molecule has 3 N–H and O–H groups in total. The molecular weight excluding hydrogens is 152 g/mol. The number of hydrogen-bond acceptors (Lipinski definition) is 1. The summed E-state index contributed by atoms with van der Waals surface area (Å²) in [5.41, 5.74) is 5.50. The molecule has 1 rings (SSSR count). The van der Waals surface area contributed by atoms with Crippen molar-refractivity contribution in [3.8, 4) is 0 Å². The topological polar surface area (TPSA) is 55.1 Å². The van der Waals surface area contributed by atoms with Crippen LogP contribution in [0.3, 0.4) is 0 Å². The molecule has 0 aliphatic heterocycles. The predicted octanol–water partition coefficient (Wildman–Crippen LogP) is 1.62. The number of primary amides is 1. The molecule has 12 heavy (non-hydrogen) atoms. The lowest BCUT2D eigenvalue weighted by Crippen LogP contribution is -2.41. The number of carbonyl (C=O) groups is 1. The molecule has 0 saturated heterocycles. The summed E-state index contributed by atoms with van der Waals surface area (Å²) in [5.74, 6) is 0. The monoisotopic (exact) mass is 170 g/mol. The standard InChI is InChI=1S/C9H18N2O/c1-9(2)5-3-7(4-6-9)11-8(10)12/h7H,3-6H2,1-2H3,(H3,10,11,12). The van der Waals surface area contributed by atoms with Gasteiger partial charge in [0.2, 0.25) is 0 Å². The van der Waals surface area contributed by atoms with Crippen molar-refractivity contribution in [1.82, 2.24) is 5.32 Å². The molecule has 0 radical (unpaired) electrons. The second kappa shape index (κ2) is 3.33. The quantitative estimate of drug-likeness (QED) is 0.617. The smallest absolute Gasteiger partial charge is 0.312 e. The van der Waals surface area contributed by atoms with Crippen molar-refractivity contribution in [2.45, 2.75) is 45.6 Å². The average molecular weight is 170 g/mol. The summed E-state index contributed by atoms with van der Waals surface area (Å²) in [5, 5.41) is 2.76. The zero-order chi connectivity index (χ0) is 9.19. The third kappa shape index (κ3) is 2.72. The number of amides is 2. The highest BCUT2D eigenvalue weighted by Gasteiger charge is 2.26. The first-order valence-corrected chi connectivity index (χ1v) is 4.56. The summed E-state index contributed by atoms with van der Waals surface area (Å²) in [6.45, 7) is 4.54. The summed E-state index contributed by atoms with van der Waals surface area (Å²) < 4.78 is 0. The summed E-state index contributed by atoms with van der Waals surface area (Å²) in [7, 11) is 0. The van der Waals surface area contributed by atoms with Crippen molar-refractivity contribution < 1.29 is 4.79 Å². The van der Waals surface area contributed by atoms with Gasteiger partial charge in [-0.3, -0.25) is 0 Å². The summed E-state index contributed by atoms with van der Waals surface area (Å²) in [4.78, 5) is 10.5. The average Bonchev–Trinajstić information content (AvgIpc) is 1.93. The van der Waals surface area contributed by atoms with Gasteiger partial charge in [-0.15, -0.1) is 0 Å². The van der Waals surface area contributed by atoms with Gasteiger partial charge in [-0.05, 0) is 31.1 Å². The Morgan fingerprint density at radius 3 is 2.33 bits per heavy atom. The SMILES string of the molecule is CC1(C)CCC(NC(N)=O)CC1. The van der Waals surface area contributed by atoms with Crippen LogP contribution in [0.5, 0.6) is 0 Å². The van der Waals surface area contributed by atoms with Crippen LogP contribution >= 0.6 is 0 Å². The van der Waals surface area contributed by atoms with Crippen molar-refractivity contribution in [3.63, 3.8) is 0 Å². The van der Waals surface area contributed by atoms with E-state index in [0.29, 0.717) is 11.5 Å². The van der Waals surface area contributed by atoms with Gasteiger partial charge in [-0.1, -0.05) is 13.8 Å². The lowest BCUT2D eigenvalue weighted by atomic mass is 9.76. The van der Waals surface area contributed by atoms with Crippen LogP contribution in [0.2, 0.25) is 0 Å². The maximum Gasteiger partial charge on any atom is 0.312 e. The van der Waals surface area contributed by atoms with Gasteiger partial charge in [0.15, 0.2) is 0 Å². The van der Waals surface area contributed by atoms with Gasteiger partial charge < -0.3 is 11.1 Å². The fourth-order valence-electron chi connectivity index (χ4n) is 1.74. The second-order valence-electron chi connectivity index (χ2n) is 4.45. The molecule has 3 nitrogen and oxygen atoms in total. The number of rotatable bonds is 1. The lowest BCUT2D eigenvalue weighted by Gasteiger charge is -2.34. The number of nitrogens with one attached hydrogen (secondary N) is 1. The highest BCUT2D eigenvalue weighted by atomic mass is 16.2. The second-order valence-corrected chi connectivity index (χ2v) is 4.45. The van der Waals surface area contributed by atoms with E-state index in [1.54, 1.807) is 0 Å². The van der Waals surface area contributed by atoms with Crippen LogP contribution in [-0.2, 0) is 0 Å². The molecule has 0 aromatic heterocycles. The van der Waals surface area contributed by atoms with Crippen LogP contribution < -0.4 is 11.1 Å². The van der Waals surface area contributed by atoms with E-state index in [-0.39, 0.29) is 6.03 Å². The van der Waals surface area contributed by atoms with Crippen LogP contribution in [-0.4, -0.2) is 12.1 Å². The number of hydrogen-bond donors (Lipinski definition) is 2. The van der Waals surface area contributed by atoms with Gasteiger partial charge >= 0.3 is 6.03 Å². The molecule has 1 aliphatic rings. The normalized spacial score (nSPS) is 23.5. The Labute approximate surface area is 73.7 Å². The molecule has 0 unspecified atom stereocenters. The molecule has 0 atom stereocenters. The lowest BCUT2D eigenvalue weighted by molar-refractivity contribution is 0.201. The zero-order valence-electron chi connectivity index (χ0n) is 7.89. The first-order valence-electron chi connectivity index (χ1n) is 4.56. The molecule has 70 valence electrons. The van der Waals surface area contributed by atoms with E-state index in [4.69, 9.17) is 5.73 Å². The maximum atomic E-state index is 10.5. The van der Waals surface area contributed by atoms with E-state index < -0.39 is 0 Å². The third-order valence-corrected chi connectivity index (χ3v) is 2.69. The Morgan fingerprint density at radius 1 is 1.42 bits per heavy atom. The Morgan fingerprint density at radius 2 is 1.92 bits per heavy atom. The molecule has 0 aromatic rings.